The molecule has 0 saturated heterocycles. The molecule has 8 rings (SSSR count). The minimum atomic E-state index is 0.609. The van der Waals surface area contributed by atoms with E-state index in [1.165, 1.54) is 0 Å². The zero-order valence-corrected chi connectivity index (χ0v) is 24.7. The minimum Gasteiger partial charge on any atom is -0.208 e. The Bertz CT molecular complexity index is 2010. The van der Waals surface area contributed by atoms with Gasteiger partial charge >= 0.3 is 0 Å². The van der Waals surface area contributed by atoms with Gasteiger partial charge in [0.1, 0.15) is 0 Å². The fraction of sp³-hybridized carbons (Fsp3) is 0. The number of hydrogen-bond acceptors (Lipinski definition) is 6. The van der Waals surface area contributed by atoms with Crippen LogP contribution >= 0.6 is 0 Å². The fourth-order valence-corrected chi connectivity index (χ4v) is 5.40. The molecule has 6 heteroatoms. The van der Waals surface area contributed by atoms with Crippen LogP contribution < -0.4 is 0 Å². The van der Waals surface area contributed by atoms with Gasteiger partial charge in [-0.1, -0.05) is 146 Å². The summed E-state index contributed by atoms with van der Waals surface area (Å²) < 4.78 is 0. The molecule has 0 unspecified atom stereocenters. The largest absolute Gasteiger partial charge is 0.208 e. The van der Waals surface area contributed by atoms with Crippen molar-refractivity contribution in [1.82, 2.24) is 29.9 Å². The summed E-state index contributed by atoms with van der Waals surface area (Å²) in [5.41, 5.74) is 5.53. The molecule has 2 aromatic heterocycles. The van der Waals surface area contributed by atoms with Gasteiger partial charge in [0.05, 0.1) is 0 Å². The van der Waals surface area contributed by atoms with Crippen molar-refractivity contribution in [3.8, 4) is 68.3 Å². The second-order valence-electron chi connectivity index (χ2n) is 10.9. The molecule has 0 aliphatic heterocycles. The Morgan fingerprint density at radius 3 is 0.761 bits per heavy atom. The average molecular weight is 591 g/mol. The lowest BCUT2D eigenvalue weighted by atomic mass is 10.0. The van der Waals surface area contributed by atoms with Crippen molar-refractivity contribution in [3.05, 3.63) is 158 Å². The Balaban J connectivity index is 1.25. The third-order valence-electron chi connectivity index (χ3n) is 7.76. The Morgan fingerprint density at radius 2 is 0.478 bits per heavy atom. The van der Waals surface area contributed by atoms with Gasteiger partial charge in [0.2, 0.25) is 0 Å². The quantitative estimate of drug-likeness (QED) is 0.192. The van der Waals surface area contributed by atoms with Gasteiger partial charge in [-0.05, 0) is 22.9 Å². The molecular formula is C40H26N6. The van der Waals surface area contributed by atoms with Crippen LogP contribution in [0.15, 0.2) is 158 Å². The predicted octanol–water partition coefficient (Wildman–Crippen LogP) is 9.21. The van der Waals surface area contributed by atoms with E-state index in [2.05, 4.69) is 36.4 Å². The molecule has 0 N–H and O–H groups in total. The van der Waals surface area contributed by atoms with E-state index in [0.29, 0.717) is 34.9 Å². The van der Waals surface area contributed by atoms with Crippen LogP contribution in [0.25, 0.3) is 79.1 Å². The van der Waals surface area contributed by atoms with Crippen LogP contribution in [0, 0.1) is 0 Å². The minimum absolute atomic E-state index is 0.609. The van der Waals surface area contributed by atoms with E-state index in [-0.39, 0.29) is 0 Å². The van der Waals surface area contributed by atoms with Crippen LogP contribution in [0.3, 0.4) is 0 Å². The normalized spacial score (nSPS) is 11.0. The average Bonchev–Trinajstić information content (AvgIpc) is 3.15. The molecule has 0 bridgehead atoms. The molecular weight excluding hydrogens is 564 g/mol. The molecule has 6 nitrogen and oxygen atoms in total. The molecule has 2 heterocycles. The highest BCUT2D eigenvalue weighted by molar-refractivity contribution is 5.90. The molecule has 216 valence electrons. The Labute approximate surface area is 266 Å². The number of hydrogen-bond donors (Lipinski definition) is 0. The molecule has 8 aromatic rings. The highest BCUT2D eigenvalue weighted by atomic mass is 15.0. The number of fused-ring (bicyclic) bond motifs is 1. The third kappa shape index (κ3) is 5.51. The summed E-state index contributed by atoms with van der Waals surface area (Å²) in [5, 5.41) is 2.12. The molecule has 0 fully saturated rings. The standard InChI is InChI=1S/C40H26N6/c1-5-13-28(14-6-1)35-41-36(29-15-7-2-8-16-29)44-39(43-35)32-23-21-27-22-24-33(26-34(27)25-32)40-45-37(30-17-9-3-10-18-30)42-38(46-40)31-19-11-4-12-20-31/h1-26H. The van der Waals surface area contributed by atoms with Crippen molar-refractivity contribution in [1.29, 1.82) is 0 Å². The van der Waals surface area contributed by atoms with E-state index >= 15 is 0 Å². The summed E-state index contributed by atoms with van der Waals surface area (Å²) in [6.07, 6.45) is 0. The van der Waals surface area contributed by atoms with Crippen molar-refractivity contribution in [2.45, 2.75) is 0 Å². The summed E-state index contributed by atoms with van der Waals surface area (Å²) in [4.78, 5) is 29.4. The van der Waals surface area contributed by atoms with E-state index in [4.69, 9.17) is 29.9 Å². The molecule has 0 aliphatic carbocycles. The van der Waals surface area contributed by atoms with Crippen LogP contribution in [-0.4, -0.2) is 29.9 Å². The SMILES string of the molecule is c1ccc(-c2nc(-c3ccccc3)nc(-c3ccc4ccc(-c5nc(-c6ccccc6)nc(-c6ccccc6)n5)cc4c3)n2)cc1. The first-order valence-corrected chi connectivity index (χ1v) is 15.1. The van der Waals surface area contributed by atoms with Crippen molar-refractivity contribution in [2.75, 3.05) is 0 Å². The van der Waals surface area contributed by atoms with Gasteiger partial charge in [0.15, 0.2) is 34.9 Å². The second-order valence-corrected chi connectivity index (χ2v) is 10.9. The Hall–Kier alpha value is -6.40. The Morgan fingerprint density at radius 1 is 0.217 bits per heavy atom. The smallest absolute Gasteiger partial charge is 0.164 e. The highest BCUT2D eigenvalue weighted by Crippen LogP contribution is 2.30. The van der Waals surface area contributed by atoms with Crippen molar-refractivity contribution in [2.24, 2.45) is 0 Å². The van der Waals surface area contributed by atoms with Crippen LogP contribution in [0.5, 0.6) is 0 Å². The van der Waals surface area contributed by atoms with Gasteiger partial charge in [0, 0.05) is 33.4 Å². The van der Waals surface area contributed by atoms with Crippen LogP contribution in [0.2, 0.25) is 0 Å². The molecule has 6 aromatic carbocycles. The van der Waals surface area contributed by atoms with E-state index in [1.807, 2.05) is 121 Å². The molecule has 46 heavy (non-hydrogen) atoms. The van der Waals surface area contributed by atoms with Gasteiger partial charge in [0.25, 0.3) is 0 Å². The summed E-state index contributed by atoms with van der Waals surface area (Å²) in [6, 6.07) is 52.6. The predicted molar refractivity (Wildman–Crippen MR) is 183 cm³/mol. The fourth-order valence-electron chi connectivity index (χ4n) is 5.40. The molecule has 0 atom stereocenters. The topological polar surface area (TPSA) is 77.3 Å². The monoisotopic (exact) mass is 590 g/mol. The van der Waals surface area contributed by atoms with Gasteiger partial charge in [-0.25, -0.2) is 29.9 Å². The van der Waals surface area contributed by atoms with Crippen LogP contribution in [-0.2, 0) is 0 Å². The summed E-state index contributed by atoms with van der Waals surface area (Å²) in [5.74, 6) is 3.74. The number of rotatable bonds is 6. The summed E-state index contributed by atoms with van der Waals surface area (Å²) in [6.45, 7) is 0. The van der Waals surface area contributed by atoms with Crippen molar-refractivity contribution < 1.29 is 0 Å². The lowest BCUT2D eigenvalue weighted by Crippen LogP contribution is -2.00. The third-order valence-corrected chi connectivity index (χ3v) is 7.76. The molecule has 0 saturated carbocycles. The summed E-state index contributed by atoms with van der Waals surface area (Å²) in [7, 11) is 0. The molecule has 0 radical (unpaired) electrons. The zero-order valence-electron chi connectivity index (χ0n) is 24.7. The van der Waals surface area contributed by atoms with Crippen LogP contribution in [0.1, 0.15) is 0 Å². The van der Waals surface area contributed by atoms with E-state index < -0.39 is 0 Å². The Kier molecular flexibility index (Phi) is 7.05. The maximum atomic E-state index is 4.92. The first-order chi connectivity index (χ1) is 22.8. The highest BCUT2D eigenvalue weighted by Gasteiger charge is 2.15. The molecule has 0 spiro atoms. The van der Waals surface area contributed by atoms with E-state index in [0.717, 1.165) is 44.2 Å². The lowest BCUT2D eigenvalue weighted by molar-refractivity contribution is 1.07. The second kappa shape index (κ2) is 11.9. The summed E-state index contributed by atoms with van der Waals surface area (Å²) >= 11 is 0. The lowest BCUT2D eigenvalue weighted by Gasteiger charge is -2.10. The van der Waals surface area contributed by atoms with Gasteiger partial charge in [-0.15, -0.1) is 0 Å². The van der Waals surface area contributed by atoms with Crippen molar-refractivity contribution in [3.63, 3.8) is 0 Å². The maximum absolute atomic E-state index is 4.92. The zero-order chi connectivity index (χ0) is 30.7. The molecule has 0 aliphatic rings. The van der Waals surface area contributed by atoms with E-state index in [9.17, 15) is 0 Å². The van der Waals surface area contributed by atoms with E-state index in [1.54, 1.807) is 0 Å². The van der Waals surface area contributed by atoms with Crippen LogP contribution in [0.4, 0.5) is 0 Å². The maximum Gasteiger partial charge on any atom is 0.164 e. The molecule has 0 amide bonds. The number of benzene rings is 6. The van der Waals surface area contributed by atoms with Gasteiger partial charge in [-0.2, -0.15) is 0 Å². The number of aromatic nitrogens is 6. The van der Waals surface area contributed by atoms with Gasteiger partial charge < -0.3 is 0 Å². The number of nitrogens with zero attached hydrogens (tertiary/aromatic N) is 6. The van der Waals surface area contributed by atoms with Crippen molar-refractivity contribution >= 4 is 10.8 Å². The first-order valence-electron chi connectivity index (χ1n) is 15.1. The van der Waals surface area contributed by atoms with Gasteiger partial charge in [-0.3, -0.25) is 0 Å². The first kappa shape index (κ1) is 27.2.